The van der Waals surface area contributed by atoms with Crippen LogP contribution in [0.2, 0.25) is 0 Å². The van der Waals surface area contributed by atoms with E-state index in [1.807, 2.05) is 6.92 Å². The number of nitrogens with two attached hydrogens (primary N) is 1. The molecular weight excluding hydrogens is 299 g/mol. The van der Waals surface area contributed by atoms with Gasteiger partial charge in [0, 0.05) is 12.2 Å². The summed E-state index contributed by atoms with van der Waals surface area (Å²) in [5.74, 6) is 0.560. The number of aromatic nitrogens is 2. The van der Waals surface area contributed by atoms with Crippen LogP contribution in [-0.2, 0) is 0 Å². The maximum absolute atomic E-state index is 12.8. The zero-order chi connectivity index (χ0) is 13.1. The summed E-state index contributed by atoms with van der Waals surface area (Å²) in [5.41, 5.74) is 6.49. The Morgan fingerprint density at radius 1 is 1.33 bits per heavy atom. The Morgan fingerprint density at radius 2 is 2.00 bits per heavy atom. The van der Waals surface area contributed by atoms with Crippen molar-refractivity contribution in [2.75, 3.05) is 11.1 Å². The molecule has 0 spiro atoms. The number of nitrogens with one attached hydrogen (secondary N) is 1. The minimum Gasteiger partial charge on any atom is -0.368 e. The van der Waals surface area contributed by atoms with Gasteiger partial charge < -0.3 is 11.1 Å². The van der Waals surface area contributed by atoms with E-state index >= 15 is 0 Å². The van der Waals surface area contributed by atoms with Crippen LogP contribution in [0.25, 0.3) is 0 Å². The summed E-state index contributed by atoms with van der Waals surface area (Å²) in [7, 11) is 0. The monoisotopic (exact) mass is 310 g/mol. The maximum Gasteiger partial charge on any atom is 0.221 e. The molecule has 2 rings (SSSR count). The van der Waals surface area contributed by atoms with Gasteiger partial charge in [0.1, 0.15) is 11.6 Å². The molecule has 1 heterocycles. The van der Waals surface area contributed by atoms with E-state index in [4.69, 9.17) is 5.73 Å². The first kappa shape index (κ1) is 12.8. The molecule has 1 aromatic carbocycles. The number of rotatable bonds is 3. The summed E-state index contributed by atoms with van der Waals surface area (Å²) in [5, 5.41) is 3.19. The smallest absolute Gasteiger partial charge is 0.221 e. The number of hydrogen-bond acceptors (Lipinski definition) is 4. The van der Waals surface area contributed by atoms with Gasteiger partial charge in [0.05, 0.1) is 4.47 Å². The van der Waals surface area contributed by atoms with E-state index in [-0.39, 0.29) is 17.8 Å². The molecule has 94 valence electrons. The third kappa shape index (κ3) is 2.95. The first-order valence-electron chi connectivity index (χ1n) is 5.36. The Hall–Kier alpha value is -1.69. The van der Waals surface area contributed by atoms with Crippen molar-refractivity contribution in [2.45, 2.75) is 13.0 Å². The zero-order valence-corrected chi connectivity index (χ0v) is 11.3. The third-order valence-corrected chi connectivity index (χ3v) is 3.07. The Balaban J connectivity index is 2.18. The standard InChI is InChI=1S/C12H12BrFN4/c1-7(8-2-4-9(14)5-3-8)17-11-10(13)6-16-12(15)18-11/h2-7H,1H3,(H3,15,16,17,18). The third-order valence-electron chi connectivity index (χ3n) is 2.49. The summed E-state index contributed by atoms with van der Waals surface area (Å²) in [6.45, 7) is 1.96. The number of anilines is 2. The number of nitrogen functional groups attached to an aromatic ring is 1. The highest BCUT2D eigenvalue weighted by Gasteiger charge is 2.09. The summed E-state index contributed by atoms with van der Waals surface area (Å²) in [6.07, 6.45) is 1.59. The van der Waals surface area contributed by atoms with Gasteiger partial charge in [0.2, 0.25) is 5.95 Å². The van der Waals surface area contributed by atoms with Crippen molar-refractivity contribution in [3.8, 4) is 0 Å². The van der Waals surface area contributed by atoms with E-state index in [1.165, 1.54) is 12.1 Å². The van der Waals surface area contributed by atoms with Gasteiger partial charge in [0.25, 0.3) is 0 Å². The average molecular weight is 311 g/mol. The van der Waals surface area contributed by atoms with E-state index in [2.05, 4.69) is 31.2 Å². The molecule has 18 heavy (non-hydrogen) atoms. The Labute approximate surface area is 113 Å². The fourth-order valence-corrected chi connectivity index (χ4v) is 1.83. The molecule has 1 unspecified atom stereocenters. The van der Waals surface area contributed by atoms with Crippen molar-refractivity contribution in [1.29, 1.82) is 0 Å². The van der Waals surface area contributed by atoms with E-state index < -0.39 is 0 Å². The molecule has 0 saturated carbocycles. The minimum atomic E-state index is -0.251. The second-order valence-electron chi connectivity index (χ2n) is 3.84. The first-order chi connectivity index (χ1) is 8.56. The predicted molar refractivity (Wildman–Crippen MR) is 72.6 cm³/mol. The molecule has 0 bridgehead atoms. The molecule has 0 radical (unpaired) electrons. The molecular formula is C12H12BrFN4. The maximum atomic E-state index is 12.8. The van der Waals surface area contributed by atoms with Crippen LogP contribution < -0.4 is 11.1 Å². The van der Waals surface area contributed by atoms with Gasteiger partial charge in [-0.2, -0.15) is 4.98 Å². The minimum absolute atomic E-state index is 0.0174. The van der Waals surface area contributed by atoms with E-state index in [1.54, 1.807) is 18.3 Å². The average Bonchev–Trinajstić information content (AvgIpc) is 2.34. The zero-order valence-electron chi connectivity index (χ0n) is 9.69. The molecule has 0 aliphatic rings. The molecule has 0 aliphatic carbocycles. The van der Waals surface area contributed by atoms with Gasteiger partial charge in [-0.25, -0.2) is 9.37 Å². The van der Waals surface area contributed by atoms with Crippen LogP contribution in [0.5, 0.6) is 0 Å². The van der Waals surface area contributed by atoms with Gasteiger partial charge in [-0.15, -0.1) is 0 Å². The first-order valence-corrected chi connectivity index (χ1v) is 6.15. The van der Waals surface area contributed by atoms with Crippen LogP contribution in [-0.4, -0.2) is 9.97 Å². The highest BCUT2D eigenvalue weighted by Crippen LogP contribution is 2.24. The SMILES string of the molecule is CC(Nc1nc(N)ncc1Br)c1ccc(F)cc1. The fraction of sp³-hybridized carbons (Fsp3) is 0.167. The van der Waals surface area contributed by atoms with Crippen LogP contribution in [0.3, 0.4) is 0 Å². The van der Waals surface area contributed by atoms with Crippen LogP contribution in [0.15, 0.2) is 34.9 Å². The van der Waals surface area contributed by atoms with E-state index in [9.17, 15) is 4.39 Å². The van der Waals surface area contributed by atoms with E-state index in [0.717, 1.165) is 10.0 Å². The summed E-state index contributed by atoms with van der Waals surface area (Å²) < 4.78 is 13.6. The lowest BCUT2D eigenvalue weighted by molar-refractivity contribution is 0.626. The van der Waals surface area contributed by atoms with Gasteiger partial charge in [-0.05, 0) is 40.5 Å². The summed E-state index contributed by atoms with van der Waals surface area (Å²) in [4.78, 5) is 7.95. The molecule has 0 fully saturated rings. The lowest BCUT2D eigenvalue weighted by Crippen LogP contribution is -2.10. The van der Waals surface area contributed by atoms with Crippen LogP contribution >= 0.6 is 15.9 Å². The molecule has 6 heteroatoms. The molecule has 3 N–H and O–H groups in total. The highest BCUT2D eigenvalue weighted by molar-refractivity contribution is 9.10. The topological polar surface area (TPSA) is 63.8 Å². The van der Waals surface area contributed by atoms with Crippen molar-refractivity contribution >= 4 is 27.7 Å². The van der Waals surface area contributed by atoms with Crippen molar-refractivity contribution in [1.82, 2.24) is 9.97 Å². The highest BCUT2D eigenvalue weighted by atomic mass is 79.9. The normalized spacial score (nSPS) is 12.2. The fourth-order valence-electron chi connectivity index (χ4n) is 1.52. The molecule has 1 atom stereocenters. The number of nitrogens with zero attached hydrogens (tertiary/aromatic N) is 2. The van der Waals surface area contributed by atoms with Gasteiger partial charge in [0.15, 0.2) is 0 Å². The molecule has 4 nitrogen and oxygen atoms in total. The summed E-state index contributed by atoms with van der Waals surface area (Å²) in [6, 6.07) is 6.29. The van der Waals surface area contributed by atoms with Crippen molar-refractivity contribution < 1.29 is 4.39 Å². The van der Waals surface area contributed by atoms with Crippen molar-refractivity contribution in [3.63, 3.8) is 0 Å². The Morgan fingerprint density at radius 3 is 2.67 bits per heavy atom. The van der Waals surface area contributed by atoms with E-state index in [0.29, 0.717) is 5.82 Å². The number of benzene rings is 1. The van der Waals surface area contributed by atoms with Crippen LogP contribution in [0, 0.1) is 5.82 Å². The lowest BCUT2D eigenvalue weighted by atomic mass is 10.1. The van der Waals surface area contributed by atoms with Gasteiger partial charge in [-0.3, -0.25) is 0 Å². The largest absolute Gasteiger partial charge is 0.368 e. The Bertz CT molecular complexity index is 544. The second kappa shape index (κ2) is 5.30. The molecule has 2 aromatic rings. The van der Waals surface area contributed by atoms with Crippen LogP contribution in [0.4, 0.5) is 16.2 Å². The number of hydrogen-bond donors (Lipinski definition) is 2. The summed E-state index contributed by atoms with van der Waals surface area (Å²) >= 11 is 3.34. The second-order valence-corrected chi connectivity index (χ2v) is 4.70. The molecule has 0 saturated heterocycles. The van der Waals surface area contributed by atoms with Gasteiger partial charge >= 0.3 is 0 Å². The Kier molecular flexibility index (Phi) is 3.76. The molecule has 0 amide bonds. The van der Waals surface area contributed by atoms with Crippen LogP contribution in [0.1, 0.15) is 18.5 Å². The molecule has 0 aliphatic heterocycles. The van der Waals surface area contributed by atoms with Gasteiger partial charge in [-0.1, -0.05) is 12.1 Å². The predicted octanol–water partition coefficient (Wildman–Crippen LogP) is 3.13. The van der Waals surface area contributed by atoms with Crippen molar-refractivity contribution in [3.05, 3.63) is 46.3 Å². The van der Waals surface area contributed by atoms with Crippen molar-refractivity contribution in [2.24, 2.45) is 0 Å². The quantitative estimate of drug-likeness (QED) is 0.914. The molecule has 1 aromatic heterocycles. The number of halogens is 2. The lowest BCUT2D eigenvalue weighted by Gasteiger charge is -2.16.